The minimum atomic E-state index is -3.28. The van der Waals surface area contributed by atoms with Crippen molar-refractivity contribution in [2.75, 3.05) is 30.8 Å². The first kappa shape index (κ1) is 24.1. The van der Waals surface area contributed by atoms with Crippen LogP contribution in [-0.4, -0.2) is 52.2 Å². The van der Waals surface area contributed by atoms with Gasteiger partial charge in [0.2, 0.25) is 5.91 Å². The molecule has 30 heavy (non-hydrogen) atoms. The third-order valence-corrected chi connectivity index (χ3v) is 6.56. The van der Waals surface area contributed by atoms with E-state index in [4.69, 9.17) is 0 Å². The van der Waals surface area contributed by atoms with Crippen LogP contribution in [0.1, 0.15) is 12.8 Å². The zero-order valence-corrected chi connectivity index (χ0v) is 20.0. The van der Waals surface area contributed by atoms with Gasteiger partial charge in [-0.15, -0.1) is 24.0 Å². The Labute approximate surface area is 194 Å². The lowest BCUT2D eigenvalue weighted by molar-refractivity contribution is -0.117. The van der Waals surface area contributed by atoms with Crippen LogP contribution in [0.5, 0.6) is 0 Å². The lowest BCUT2D eigenvalue weighted by Crippen LogP contribution is -2.45. The fourth-order valence-corrected chi connectivity index (χ4v) is 4.60. The van der Waals surface area contributed by atoms with Crippen LogP contribution in [0, 0.1) is 0 Å². The molecular weight excluding hydrogens is 515 g/mol. The maximum atomic E-state index is 12.3. The van der Waals surface area contributed by atoms with E-state index in [1.54, 1.807) is 42.3 Å². The molecule has 0 bridgehead atoms. The molecule has 0 radical (unpaired) electrons. The molecule has 2 aromatic carbocycles. The highest BCUT2D eigenvalue weighted by Crippen LogP contribution is 2.20. The van der Waals surface area contributed by atoms with Gasteiger partial charge in [0.05, 0.1) is 16.7 Å². The predicted octanol–water partition coefficient (Wildman–Crippen LogP) is 2.44. The molecule has 1 saturated heterocycles. The number of carbonyl (C=O) groups is 1. The van der Waals surface area contributed by atoms with Crippen molar-refractivity contribution in [3.8, 4) is 0 Å². The third kappa shape index (κ3) is 6.43. The Hall–Kier alpha value is -2.14. The van der Waals surface area contributed by atoms with E-state index in [9.17, 15) is 13.2 Å². The van der Waals surface area contributed by atoms with Crippen molar-refractivity contribution >= 4 is 51.4 Å². The van der Waals surface area contributed by atoms with Crippen molar-refractivity contribution in [1.29, 1.82) is 0 Å². The van der Waals surface area contributed by atoms with Gasteiger partial charge in [0.1, 0.15) is 0 Å². The average molecular weight is 542 g/mol. The van der Waals surface area contributed by atoms with E-state index < -0.39 is 9.84 Å². The zero-order chi connectivity index (χ0) is 20.7. The number of carbonyl (C=O) groups excluding carboxylic acids is 1. The molecule has 2 aromatic rings. The first-order valence-corrected chi connectivity index (χ1v) is 11.3. The van der Waals surface area contributed by atoms with Gasteiger partial charge in [0.15, 0.2) is 15.8 Å². The highest BCUT2D eigenvalue weighted by molar-refractivity contribution is 14.0. The number of hydrogen-bond donors (Lipinski definition) is 2. The summed E-state index contributed by atoms with van der Waals surface area (Å²) in [6.45, 7) is 1.03. The molecule has 1 unspecified atom stereocenters. The van der Waals surface area contributed by atoms with E-state index in [1.807, 2.05) is 30.3 Å². The first-order chi connectivity index (χ1) is 14.0. The normalized spacial score (nSPS) is 16.8. The molecule has 3 rings (SSSR count). The van der Waals surface area contributed by atoms with Gasteiger partial charge in [-0.2, -0.15) is 0 Å². The fraction of sp³-hybridized carbons (Fsp3) is 0.333. The van der Waals surface area contributed by atoms with Crippen molar-refractivity contribution in [1.82, 2.24) is 10.6 Å². The minimum absolute atomic E-state index is 0. The second kappa shape index (κ2) is 11.3. The number of sulfone groups is 1. The van der Waals surface area contributed by atoms with E-state index in [-0.39, 0.29) is 41.7 Å². The average Bonchev–Trinajstić information content (AvgIpc) is 3.11. The number of aliphatic imine (C=N–C) groups is 1. The van der Waals surface area contributed by atoms with Crippen LogP contribution in [0.4, 0.5) is 5.69 Å². The van der Waals surface area contributed by atoms with Gasteiger partial charge in [-0.1, -0.05) is 36.4 Å². The lowest BCUT2D eigenvalue weighted by Gasteiger charge is -2.19. The highest BCUT2D eigenvalue weighted by Gasteiger charge is 2.31. The van der Waals surface area contributed by atoms with E-state index in [0.717, 1.165) is 5.69 Å². The summed E-state index contributed by atoms with van der Waals surface area (Å²) in [5.74, 6) is 0.693. The summed E-state index contributed by atoms with van der Waals surface area (Å²) in [6, 6.07) is 18.0. The number of benzene rings is 2. The number of hydrogen-bond acceptors (Lipinski definition) is 4. The standard InChI is InChI=1S/C21H26N4O3S.HI/c1-22-21(23-13-8-14-29(27,28)19-11-6-3-7-12-19)24-17-15-20(26)25(16-17)18-9-4-2-5-10-18;/h2-7,9-12,17H,8,13-16H2,1H3,(H2,22,23,24);1H. The number of para-hydroxylation sites is 1. The monoisotopic (exact) mass is 542 g/mol. The summed E-state index contributed by atoms with van der Waals surface area (Å²) < 4.78 is 24.6. The van der Waals surface area contributed by atoms with Gasteiger partial charge >= 0.3 is 0 Å². The van der Waals surface area contributed by atoms with Crippen molar-refractivity contribution in [2.45, 2.75) is 23.8 Å². The van der Waals surface area contributed by atoms with Gasteiger partial charge in [-0.05, 0) is 30.7 Å². The largest absolute Gasteiger partial charge is 0.356 e. The van der Waals surface area contributed by atoms with Crippen LogP contribution in [0.3, 0.4) is 0 Å². The van der Waals surface area contributed by atoms with Crippen molar-refractivity contribution < 1.29 is 13.2 Å². The van der Waals surface area contributed by atoms with Crippen LogP contribution < -0.4 is 15.5 Å². The topological polar surface area (TPSA) is 90.9 Å². The van der Waals surface area contributed by atoms with Crippen molar-refractivity contribution in [2.24, 2.45) is 4.99 Å². The van der Waals surface area contributed by atoms with Crippen LogP contribution in [0.15, 0.2) is 70.6 Å². The molecule has 1 amide bonds. The van der Waals surface area contributed by atoms with Crippen LogP contribution in [0.25, 0.3) is 0 Å². The molecule has 0 spiro atoms. The number of nitrogens with zero attached hydrogens (tertiary/aromatic N) is 2. The Morgan fingerprint density at radius 3 is 2.37 bits per heavy atom. The molecule has 0 aliphatic carbocycles. The second-order valence-corrected chi connectivity index (χ2v) is 8.98. The maximum Gasteiger partial charge on any atom is 0.229 e. The number of amides is 1. The van der Waals surface area contributed by atoms with Gasteiger partial charge in [-0.3, -0.25) is 9.79 Å². The predicted molar refractivity (Wildman–Crippen MR) is 130 cm³/mol. The summed E-state index contributed by atoms with van der Waals surface area (Å²) in [5.41, 5.74) is 0.885. The Morgan fingerprint density at radius 1 is 1.10 bits per heavy atom. The summed E-state index contributed by atoms with van der Waals surface area (Å²) in [7, 11) is -1.63. The Bertz CT molecular complexity index is 953. The van der Waals surface area contributed by atoms with Gasteiger partial charge in [-0.25, -0.2) is 8.42 Å². The summed E-state index contributed by atoms with van der Waals surface area (Å²) in [4.78, 5) is 18.6. The smallest absolute Gasteiger partial charge is 0.229 e. The van der Waals surface area contributed by atoms with E-state index >= 15 is 0 Å². The van der Waals surface area contributed by atoms with Crippen LogP contribution in [-0.2, 0) is 14.6 Å². The number of halogens is 1. The molecular formula is C21H27IN4O3S. The molecule has 162 valence electrons. The molecule has 9 heteroatoms. The molecule has 0 aromatic heterocycles. The SMILES string of the molecule is CN=C(NCCCS(=O)(=O)c1ccccc1)NC1CC(=O)N(c2ccccc2)C1.I. The quantitative estimate of drug-likeness (QED) is 0.243. The molecule has 1 atom stereocenters. The van der Waals surface area contributed by atoms with Gasteiger partial charge in [0.25, 0.3) is 0 Å². The van der Waals surface area contributed by atoms with E-state index in [0.29, 0.717) is 36.8 Å². The second-order valence-electron chi connectivity index (χ2n) is 6.87. The number of anilines is 1. The van der Waals surface area contributed by atoms with Gasteiger partial charge in [0, 0.05) is 32.2 Å². The molecule has 1 aliphatic heterocycles. The molecule has 1 fully saturated rings. The number of guanidine groups is 1. The third-order valence-electron chi connectivity index (χ3n) is 4.74. The Kier molecular flexibility index (Phi) is 9.09. The fourth-order valence-electron chi connectivity index (χ4n) is 3.26. The van der Waals surface area contributed by atoms with Gasteiger partial charge < -0.3 is 15.5 Å². The highest BCUT2D eigenvalue weighted by atomic mass is 127. The first-order valence-electron chi connectivity index (χ1n) is 9.60. The number of nitrogens with one attached hydrogen (secondary N) is 2. The molecule has 1 heterocycles. The number of rotatable bonds is 7. The minimum Gasteiger partial charge on any atom is -0.356 e. The molecule has 1 aliphatic rings. The van der Waals surface area contributed by atoms with Crippen molar-refractivity contribution in [3.05, 3.63) is 60.7 Å². The van der Waals surface area contributed by atoms with Crippen LogP contribution >= 0.6 is 24.0 Å². The molecule has 7 nitrogen and oxygen atoms in total. The van der Waals surface area contributed by atoms with Crippen molar-refractivity contribution in [3.63, 3.8) is 0 Å². The zero-order valence-electron chi connectivity index (χ0n) is 16.8. The molecule has 2 N–H and O–H groups in total. The summed E-state index contributed by atoms with van der Waals surface area (Å²) in [6.07, 6.45) is 0.843. The summed E-state index contributed by atoms with van der Waals surface area (Å²) >= 11 is 0. The summed E-state index contributed by atoms with van der Waals surface area (Å²) in [5, 5.41) is 6.39. The molecule has 0 saturated carbocycles. The Morgan fingerprint density at radius 2 is 1.73 bits per heavy atom. The lowest BCUT2D eigenvalue weighted by atomic mass is 10.2. The Balaban J connectivity index is 0.00000320. The van der Waals surface area contributed by atoms with Crippen LogP contribution in [0.2, 0.25) is 0 Å². The van der Waals surface area contributed by atoms with E-state index in [1.165, 1.54) is 0 Å². The van der Waals surface area contributed by atoms with E-state index in [2.05, 4.69) is 15.6 Å². The maximum absolute atomic E-state index is 12.3.